The van der Waals surface area contributed by atoms with Crippen LogP contribution in [0.4, 0.5) is 0 Å². The summed E-state index contributed by atoms with van der Waals surface area (Å²) in [7, 11) is -0.573. The topological polar surface area (TPSA) is 72.9 Å². The van der Waals surface area contributed by atoms with E-state index in [1.165, 1.54) is 4.31 Å². The van der Waals surface area contributed by atoms with Crippen molar-refractivity contribution in [3.63, 3.8) is 0 Å². The number of sulfonamides is 1. The Labute approximate surface area is 201 Å². The van der Waals surface area contributed by atoms with E-state index < -0.39 is 22.0 Å². The molecule has 1 aliphatic rings. The number of methoxy groups -OCH3 is 2. The first-order chi connectivity index (χ1) is 16.3. The number of benzene rings is 3. The number of ketones is 1. The largest absolute Gasteiger partial charge is 0.497 e. The molecule has 0 spiro atoms. The van der Waals surface area contributed by atoms with Gasteiger partial charge in [-0.15, -0.1) is 0 Å². The second-order valence-electron chi connectivity index (χ2n) is 8.57. The summed E-state index contributed by atoms with van der Waals surface area (Å²) in [4.78, 5) is 13.8. The standard InChI is InChI=1S/C27H29NO5S/c1-19-9-15-23(16-10-19)34(30,31)28-17-24(26(29)20-7-5-4-6-8-20)25(18-28)27(33-3)21-11-13-22(32-2)14-12-21/h4-16,24-25,27H,17-18H2,1-3H3/t24-,25-,27-/m0/s1. The van der Waals surface area contributed by atoms with E-state index in [0.717, 1.165) is 11.1 Å². The number of ether oxygens (including phenoxy) is 2. The average Bonchev–Trinajstić information content (AvgIpc) is 3.31. The van der Waals surface area contributed by atoms with E-state index in [2.05, 4.69) is 0 Å². The van der Waals surface area contributed by atoms with Crippen molar-refractivity contribution in [1.82, 2.24) is 4.31 Å². The van der Waals surface area contributed by atoms with Gasteiger partial charge in [0, 0.05) is 37.6 Å². The van der Waals surface area contributed by atoms with Gasteiger partial charge < -0.3 is 9.47 Å². The molecule has 7 heteroatoms. The van der Waals surface area contributed by atoms with E-state index in [9.17, 15) is 13.2 Å². The molecule has 1 heterocycles. The van der Waals surface area contributed by atoms with E-state index in [1.807, 2.05) is 49.4 Å². The van der Waals surface area contributed by atoms with Crippen LogP contribution in [0, 0.1) is 18.8 Å². The minimum Gasteiger partial charge on any atom is -0.497 e. The predicted molar refractivity (Wildman–Crippen MR) is 130 cm³/mol. The third-order valence-corrected chi connectivity index (χ3v) is 8.32. The Kier molecular flexibility index (Phi) is 7.16. The number of rotatable bonds is 8. The minimum atomic E-state index is -3.77. The van der Waals surface area contributed by atoms with Crippen LogP contribution in [0.15, 0.2) is 83.8 Å². The zero-order chi connectivity index (χ0) is 24.3. The Balaban J connectivity index is 1.71. The van der Waals surface area contributed by atoms with Crippen LogP contribution in [0.3, 0.4) is 0 Å². The maximum Gasteiger partial charge on any atom is 0.243 e. The summed E-state index contributed by atoms with van der Waals surface area (Å²) >= 11 is 0. The van der Waals surface area contributed by atoms with Crippen molar-refractivity contribution in [2.75, 3.05) is 27.3 Å². The van der Waals surface area contributed by atoms with Crippen LogP contribution < -0.4 is 4.74 Å². The van der Waals surface area contributed by atoms with Gasteiger partial charge in [0.15, 0.2) is 5.78 Å². The van der Waals surface area contributed by atoms with Gasteiger partial charge >= 0.3 is 0 Å². The van der Waals surface area contributed by atoms with Gasteiger partial charge in [0.25, 0.3) is 0 Å². The highest BCUT2D eigenvalue weighted by molar-refractivity contribution is 7.89. The average molecular weight is 480 g/mol. The summed E-state index contributed by atoms with van der Waals surface area (Å²) in [6, 6.07) is 23.3. The normalized spacial score (nSPS) is 19.6. The smallest absolute Gasteiger partial charge is 0.243 e. The Hall–Kier alpha value is -3.00. The molecule has 1 saturated heterocycles. The lowest BCUT2D eigenvalue weighted by atomic mass is 9.82. The summed E-state index contributed by atoms with van der Waals surface area (Å²) in [5.41, 5.74) is 2.42. The quantitative estimate of drug-likeness (QED) is 0.445. The fourth-order valence-electron chi connectivity index (χ4n) is 4.60. The minimum absolute atomic E-state index is 0.0808. The Morgan fingerprint density at radius 2 is 1.56 bits per heavy atom. The molecule has 1 aliphatic heterocycles. The molecule has 3 atom stereocenters. The molecule has 0 N–H and O–H groups in total. The molecule has 4 rings (SSSR count). The molecule has 3 aromatic carbocycles. The lowest BCUT2D eigenvalue weighted by molar-refractivity contribution is 0.0380. The maximum absolute atomic E-state index is 13.6. The number of nitrogens with zero attached hydrogens (tertiary/aromatic N) is 1. The Morgan fingerprint density at radius 1 is 0.912 bits per heavy atom. The molecule has 0 aromatic heterocycles. The Bertz CT molecular complexity index is 1220. The lowest BCUT2D eigenvalue weighted by Gasteiger charge is -2.27. The van der Waals surface area contributed by atoms with Crippen molar-refractivity contribution in [1.29, 1.82) is 0 Å². The van der Waals surface area contributed by atoms with Crippen LogP contribution in [0.25, 0.3) is 0 Å². The molecule has 0 aliphatic carbocycles. The first kappa shape index (κ1) is 24.1. The highest BCUT2D eigenvalue weighted by Crippen LogP contribution is 2.40. The van der Waals surface area contributed by atoms with Crippen molar-refractivity contribution in [3.05, 3.63) is 95.6 Å². The summed E-state index contributed by atoms with van der Waals surface area (Å²) < 4.78 is 39.5. The molecule has 34 heavy (non-hydrogen) atoms. The fraction of sp³-hybridized carbons (Fsp3) is 0.296. The van der Waals surface area contributed by atoms with Crippen LogP contribution in [0.2, 0.25) is 0 Å². The molecule has 0 amide bonds. The van der Waals surface area contributed by atoms with Gasteiger partial charge in [-0.2, -0.15) is 4.31 Å². The molecular formula is C27H29NO5S. The van der Waals surface area contributed by atoms with Crippen LogP contribution in [0.1, 0.15) is 27.6 Å². The van der Waals surface area contributed by atoms with Gasteiger partial charge in [0.2, 0.25) is 10.0 Å². The molecule has 6 nitrogen and oxygen atoms in total. The van der Waals surface area contributed by atoms with Crippen molar-refractivity contribution in [3.8, 4) is 5.75 Å². The van der Waals surface area contributed by atoms with Crippen molar-refractivity contribution in [2.24, 2.45) is 11.8 Å². The number of carbonyl (C=O) groups is 1. The van der Waals surface area contributed by atoms with E-state index in [-0.39, 0.29) is 29.7 Å². The summed E-state index contributed by atoms with van der Waals surface area (Å²) in [5, 5.41) is 0. The summed E-state index contributed by atoms with van der Waals surface area (Å²) in [6.07, 6.45) is -0.457. The lowest BCUT2D eigenvalue weighted by Crippen LogP contribution is -2.30. The van der Waals surface area contributed by atoms with Gasteiger partial charge in [-0.25, -0.2) is 8.42 Å². The molecule has 178 valence electrons. The maximum atomic E-state index is 13.6. The first-order valence-corrected chi connectivity index (χ1v) is 12.6. The van der Waals surface area contributed by atoms with Crippen LogP contribution in [-0.4, -0.2) is 45.8 Å². The molecular weight excluding hydrogens is 450 g/mol. The third-order valence-electron chi connectivity index (χ3n) is 6.47. The number of Topliss-reactive ketones (excluding diaryl/α,β-unsaturated/α-hetero) is 1. The highest BCUT2D eigenvalue weighted by atomic mass is 32.2. The molecule has 0 radical (unpaired) electrons. The zero-order valence-electron chi connectivity index (χ0n) is 19.5. The van der Waals surface area contributed by atoms with E-state index in [1.54, 1.807) is 50.6 Å². The van der Waals surface area contributed by atoms with Gasteiger partial charge in [-0.1, -0.05) is 60.2 Å². The Morgan fingerprint density at radius 3 is 2.15 bits per heavy atom. The third kappa shape index (κ3) is 4.78. The van der Waals surface area contributed by atoms with Crippen molar-refractivity contribution < 1.29 is 22.7 Å². The number of hydrogen-bond acceptors (Lipinski definition) is 5. The molecule has 0 unspecified atom stereocenters. The predicted octanol–water partition coefficient (Wildman–Crippen LogP) is 4.51. The molecule has 1 fully saturated rings. The monoisotopic (exact) mass is 479 g/mol. The fourth-order valence-corrected chi connectivity index (χ4v) is 6.10. The molecule has 3 aromatic rings. The van der Waals surface area contributed by atoms with Gasteiger partial charge in [-0.05, 0) is 36.8 Å². The van der Waals surface area contributed by atoms with Crippen molar-refractivity contribution in [2.45, 2.75) is 17.9 Å². The van der Waals surface area contributed by atoms with E-state index >= 15 is 0 Å². The summed E-state index contributed by atoms with van der Waals surface area (Å²) in [5.74, 6) is -0.269. The van der Waals surface area contributed by atoms with Gasteiger partial charge in [0.05, 0.1) is 18.1 Å². The van der Waals surface area contributed by atoms with Crippen molar-refractivity contribution >= 4 is 15.8 Å². The number of hydrogen-bond donors (Lipinski definition) is 0. The SMILES string of the molecule is COc1ccc([C@H](OC)[C@H]2CN(S(=O)(=O)c3ccc(C)cc3)C[C@@H]2C(=O)c2ccccc2)cc1. The second kappa shape index (κ2) is 10.1. The van der Waals surface area contributed by atoms with Crippen LogP contribution in [0.5, 0.6) is 5.75 Å². The van der Waals surface area contributed by atoms with Crippen LogP contribution >= 0.6 is 0 Å². The van der Waals surface area contributed by atoms with Gasteiger partial charge in [-0.3, -0.25) is 4.79 Å². The number of carbonyl (C=O) groups excluding carboxylic acids is 1. The van der Waals surface area contributed by atoms with E-state index in [0.29, 0.717) is 11.3 Å². The van der Waals surface area contributed by atoms with Crippen LogP contribution in [-0.2, 0) is 14.8 Å². The number of aryl methyl sites for hydroxylation is 1. The summed E-state index contributed by atoms with van der Waals surface area (Å²) in [6.45, 7) is 2.20. The second-order valence-corrected chi connectivity index (χ2v) is 10.5. The van der Waals surface area contributed by atoms with E-state index in [4.69, 9.17) is 9.47 Å². The highest BCUT2D eigenvalue weighted by Gasteiger charge is 2.46. The van der Waals surface area contributed by atoms with Gasteiger partial charge in [0.1, 0.15) is 5.75 Å². The molecule has 0 bridgehead atoms. The first-order valence-electron chi connectivity index (χ1n) is 11.2. The molecule has 0 saturated carbocycles. The zero-order valence-corrected chi connectivity index (χ0v) is 20.4.